The van der Waals surface area contributed by atoms with Gasteiger partial charge in [0.1, 0.15) is 9.88 Å². The number of ether oxygens (including phenoxy) is 2. The van der Waals surface area contributed by atoms with E-state index < -0.39 is 12.1 Å². The Morgan fingerprint density at radius 1 is 1.27 bits per heavy atom. The number of thiazole rings is 1. The molecule has 140 valence electrons. The maximum absolute atomic E-state index is 12.4. The molecule has 1 atom stereocenters. The van der Waals surface area contributed by atoms with Crippen LogP contribution in [0.25, 0.3) is 10.6 Å². The van der Waals surface area contributed by atoms with E-state index in [1.807, 2.05) is 12.1 Å². The number of aromatic nitrogens is 1. The number of methoxy groups -OCH3 is 1. The molecule has 1 aromatic carbocycles. The fourth-order valence-electron chi connectivity index (χ4n) is 2.28. The van der Waals surface area contributed by atoms with Crippen molar-refractivity contribution in [1.29, 1.82) is 0 Å². The van der Waals surface area contributed by atoms with Crippen LogP contribution in [-0.2, 0) is 20.7 Å². The quantitative estimate of drug-likeness (QED) is 0.566. The van der Waals surface area contributed by atoms with Crippen LogP contribution in [0.15, 0.2) is 24.3 Å². The van der Waals surface area contributed by atoms with Crippen LogP contribution in [0, 0.1) is 6.92 Å². The van der Waals surface area contributed by atoms with E-state index in [1.165, 1.54) is 16.9 Å². The number of nitrogens with one attached hydrogen (secondary N) is 1. The molecule has 0 aliphatic rings. The van der Waals surface area contributed by atoms with Gasteiger partial charge in [0.25, 0.3) is 5.91 Å². The molecule has 2 aromatic rings. The molecular weight excluding hydrogens is 352 g/mol. The Balaban J connectivity index is 2.05. The minimum atomic E-state index is -0.881. The Morgan fingerprint density at radius 2 is 1.96 bits per heavy atom. The van der Waals surface area contributed by atoms with Gasteiger partial charge in [0, 0.05) is 19.2 Å². The van der Waals surface area contributed by atoms with Crippen LogP contribution < -0.4 is 5.32 Å². The van der Waals surface area contributed by atoms with E-state index in [1.54, 1.807) is 21.0 Å². The van der Waals surface area contributed by atoms with Gasteiger partial charge in [0.2, 0.25) is 0 Å². The lowest BCUT2D eigenvalue weighted by Gasteiger charge is -2.12. The third-order valence-electron chi connectivity index (χ3n) is 3.85. The first-order valence-corrected chi connectivity index (χ1v) is 9.32. The Hall–Kier alpha value is -2.25. The average molecular weight is 376 g/mol. The van der Waals surface area contributed by atoms with Gasteiger partial charge in [-0.1, -0.05) is 31.2 Å². The Bertz CT molecular complexity index is 755. The second kappa shape index (κ2) is 9.45. The topological polar surface area (TPSA) is 77.5 Å². The van der Waals surface area contributed by atoms with Crippen molar-refractivity contribution in [2.75, 3.05) is 20.3 Å². The van der Waals surface area contributed by atoms with Gasteiger partial charge in [-0.05, 0) is 25.8 Å². The Labute approximate surface area is 157 Å². The smallest absolute Gasteiger partial charge is 0.351 e. The molecule has 1 amide bonds. The highest BCUT2D eigenvalue weighted by molar-refractivity contribution is 7.17. The lowest BCUT2D eigenvalue weighted by molar-refractivity contribution is -0.129. The molecule has 0 radical (unpaired) electrons. The zero-order valence-electron chi connectivity index (χ0n) is 15.5. The lowest BCUT2D eigenvalue weighted by atomic mass is 10.1. The largest absolute Gasteiger partial charge is 0.448 e. The fourth-order valence-corrected chi connectivity index (χ4v) is 3.23. The Kier molecular flexibility index (Phi) is 7.29. The lowest BCUT2D eigenvalue weighted by Crippen LogP contribution is -2.37. The van der Waals surface area contributed by atoms with Crippen LogP contribution in [0.1, 0.15) is 34.8 Å². The van der Waals surface area contributed by atoms with Crippen LogP contribution in [0.4, 0.5) is 0 Å². The molecule has 0 fully saturated rings. The highest BCUT2D eigenvalue weighted by atomic mass is 32.1. The molecule has 1 N–H and O–H groups in total. The van der Waals surface area contributed by atoms with Crippen molar-refractivity contribution in [2.45, 2.75) is 33.3 Å². The zero-order valence-corrected chi connectivity index (χ0v) is 16.3. The monoisotopic (exact) mass is 376 g/mol. The maximum atomic E-state index is 12.4. The van der Waals surface area contributed by atoms with Gasteiger partial charge < -0.3 is 14.8 Å². The zero-order chi connectivity index (χ0) is 19.1. The maximum Gasteiger partial charge on any atom is 0.351 e. The molecule has 1 aromatic heterocycles. The minimum Gasteiger partial charge on any atom is -0.448 e. The van der Waals surface area contributed by atoms with Gasteiger partial charge in [-0.2, -0.15) is 0 Å². The molecule has 0 saturated heterocycles. The number of aryl methyl sites for hydroxylation is 2. The summed E-state index contributed by atoms with van der Waals surface area (Å²) in [6.45, 7) is 6.18. The second-order valence-electron chi connectivity index (χ2n) is 5.82. The standard InChI is InChI=1S/C19H24N2O4S/c1-5-14-6-8-15(9-7-14)18-21-12(2)16(26-18)19(23)25-13(3)17(22)20-10-11-24-4/h6-9,13H,5,10-11H2,1-4H3,(H,20,22)/t13-/m0/s1. The Morgan fingerprint density at radius 3 is 2.58 bits per heavy atom. The summed E-state index contributed by atoms with van der Waals surface area (Å²) in [7, 11) is 1.55. The van der Waals surface area contributed by atoms with Crippen molar-refractivity contribution in [2.24, 2.45) is 0 Å². The number of benzene rings is 1. The van der Waals surface area contributed by atoms with Crippen LogP contribution in [0.5, 0.6) is 0 Å². The van der Waals surface area contributed by atoms with Gasteiger partial charge in [-0.15, -0.1) is 11.3 Å². The average Bonchev–Trinajstić information content (AvgIpc) is 3.03. The number of hydrogen-bond donors (Lipinski definition) is 1. The molecule has 7 heteroatoms. The van der Waals surface area contributed by atoms with Crippen molar-refractivity contribution in [3.8, 4) is 10.6 Å². The fraction of sp³-hybridized carbons (Fsp3) is 0.421. The molecule has 0 saturated carbocycles. The first-order valence-electron chi connectivity index (χ1n) is 8.50. The van der Waals surface area contributed by atoms with E-state index in [4.69, 9.17) is 9.47 Å². The van der Waals surface area contributed by atoms with Crippen LogP contribution in [0.3, 0.4) is 0 Å². The number of esters is 1. The van der Waals surface area contributed by atoms with Crippen molar-refractivity contribution < 1.29 is 19.1 Å². The molecule has 0 aliphatic carbocycles. The second-order valence-corrected chi connectivity index (χ2v) is 6.81. The molecule has 0 aliphatic heterocycles. The summed E-state index contributed by atoms with van der Waals surface area (Å²) < 4.78 is 10.1. The molecule has 2 rings (SSSR count). The highest BCUT2D eigenvalue weighted by Gasteiger charge is 2.23. The van der Waals surface area contributed by atoms with Gasteiger partial charge in [-0.25, -0.2) is 9.78 Å². The van der Waals surface area contributed by atoms with Crippen molar-refractivity contribution in [3.63, 3.8) is 0 Å². The first-order chi connectivity index (χ1) is 12.5. The van der Waals surface area contributed by atoms with E-state index in [-0.39, 0.29) is 5.91 Å². The van der Waals surface area contributed by atoms with E-state index in [0.717, 1.165) is 17.0 Å². The summed E-state index contributed by atoms with van der Waals surface area (Å²) in [5.41, 5.74) is 2.80. The van der Waals surface area contributed by atoms with E-state index in [0.29, 0.717) is 23.7 Å². The molecule has 26 heavy (non-hydrogen) atoms. The SMILES string of the molecule is CCc1ccc(-c2nc(C)c(C(=O)O[C@@H](C)C(=O)NCCOC)s2)cc1. The number of amides is 1. The summed E-state index contributed by atoms with van der Waals surface area (Å²) in [6, 6.07) is 8.10. The molecule has 0 bridgehead atoms. The molecule has 0 spiro atoms. The number of nitrogens with zero attached hydrogens (tertiary/aromatic N) is 1. The molecular formula is C19H24N2O4S. The highest BCUT2D eigenvalue weighted by Crippen LogP contribution is 2.29. The van der Waals surface area contributed by atoms with Gasteiger partial charge in [-0.3, -0.25) is 4.79 Å². The number of hydrogen-bond acceptors (Lipinski definition) is 6. The number of carbonyl (C=O) groups is 2. The summed E-state index contributed by atoms with van der Waals surface area (Å²) in [5.74, 6) is -0.890. The number of rotatable bonds is 8. The third-order valence-corrected chi connectivity index (χ3v) is 5.04. The molecule has 6 nitrogen and oxygen atoms in total. The third kappa shape index (κ3) is 5.12. The summed E-state index contributed by atoms with van der Waals surface area (Å²) in [4.78, 5) is 29.2. The van der Waals surface area contributed by atoms with Gasteiger partial charge in [0.05, 0.1) is 12.3 Å². The van der Waals surface area contributed by atoms with Gasteiger partial charge in [0.15, 0.2) is 6.10 Å². The van der Waals surface area contributed by atoms with Gasteiger partial charge >= 0.3 is 5.97 Å². The normalized spacial score (nSPS) is 11.8. The van der Waals surface area contributed by atoms with E-state index in [2.05, 4.69) is 29.4 Å². The summed E-state index contributed by atoms with van der Waals surface area (Å²) >= 11 is 1.27. The summed E-state index contributed by atoms with van der Waals surface area (Å²) in [5, 5.41) is 3.40. The van der Waals surface area contributed by atoms with Crippen molar-refractivity contribution >= 4 is 23.2 Å². The van der Waals surface area contributed by atoms with Crippen LogP contribution in [-0.4, -0.2) is 43.2 Å². The molecule has 1 heterocycles. The van der Waals surface area contributed by atoms with Crippen LogP contribution in [0.2, 0.25) is 0 Å². The first kappa shape index (κ1) is 20.1. The van der Waals surface area contributed by atoms with E-state index in [9.17, 15) is 9.59 Å². The number of carbonyl (C=O) groups excluding carboxylic acids is 2. The summed E-state index contributed by atoms with van der Waals surface area (Å²) in [6.07, 6.45) is 0.0900. The molecule has 0 unspecified atom stereocenters. The minimum absolute atomic E-state index is 0.354. The van der Waals surface area contributed by atoms with Crippen molar-refractivity contribution in [3.05, 3.63) is 40.4 Å². The van der Waals surface area contributed by atoms with E-state index >= 15 is 0 Å². The van der Waals surface area contributed by atoms with Crippen LogP contribution >= 0.6 is 11.3 Å². The van der Waals surface area contributed by atoms with Crippen molar-refractivity contribution in [1.82, 2.24) is 10.3 Å². The predicted molar refractivity (Wildman–Crippen MR) is 101 cm³/mol. The predicted octanol–water partition coefficient (Wildman–Crippen LogP) is 2.99.